The maximum Gasteiger partial charge on any atom is 0.416 e. The molecule has 0 bridgehead atoms. The number of nitrogens with zero attached hydrogens (tertiary/aromatic N) is 3. The standard InChI is InChI=1S/C25H29F3N4O/c26-25(27,28)19-6-3-7-21(14-19)30-8-10-31(11-9-30)24(33)23-15-20(29)16-32(23)22-12-17-4-1-2-5-18(17)13-22/h1-7,14,20,22-23H,8-13,15-16,29H2/t20-,23-/m0/s1. The Bertz CT molecular complexity index is 994. The predicted molar refractivity (Wildman–Crippen MR) is 121 cm³/mol. The molecule has 5 rings (SSSR count). The summed E-state index contributed by atoms with van der Waals surface area (Å²) >= 11 is 0. The molecule has 1 amide bonds. The largest absolute Gasteiger partial charge is 0.416 e. The summed E-state index contributed by atoms with van der Waals surface area (Å²) in [4.78, 5) is 19.6. The number of piperazine rings is 1. The first-order valence-corrected chi connectivity index (χ1v) is 11.6. The number of amides is 1. The highest BCUT2D eigenvalue weighted by atomic mass is 19.4. The Kier molecular flexibility index (Phi) is 5.82. The van der Waals surface area contributed by atoms with E-state index >= 15 is 0 Å². The summed E-state index contributed by atoms with van der Waals surface area (Å²) in [7, 11) is 0. The van der Waals surface area contributed by atoms with Crippen LogP contribution in [0.25, 0.3) is 0 Å². The molecule has 2 aliphatic heterocycles. The lowest BCUT2D eigenvalue weighted by atomic mass is 10.1. The van der Waals surface area contributed by atoms with Crippen molar-refractivity contribution in [1.82, 2.24) is 9.80 Å². The average Bonchev–Trinajstić information content (AvgIpc) is 3.41. The lowest BCUT2D eigenvalue weighted by Crippen LogP contribution is -2.55. The van der Waals surface area contributed by atoms with E-state index < -0.39 is 11.7 Å². The van der Waals surface area contributed by atoms with Crippen LogP contribution in [-0.4, -0.2) is 66.6 Å². The van der Waals surface area contributed by atoms with Gasteiger partial charge in [0, 0.05) is 50.5 Å². The van der Waals surface area contributed by atoms with Gasteiger partial charge in [0.05, 0.1) is 11.6 Å². The van der Waals surface area contributed by atoms with E-state index in [1.807, 2.05) is 9.80 Å². The van der Waals surface area contributed by atoms with Gasteiger partial charge >= 0.3 is 6.18 Å². The zero-order valence-corrected chi connectivity index (χ0v) is 18.5. The second-order valence-corrected chi connectivity index (χ2v) is 9.40. The van der Waals surface area contributed by atoms with Crippen LogP contribution in [0.15, 0.2) is 48.5 Å². The second kappa shape index (κ2) is 8.65. The number of fused-ring (bicyclic) bond motifs is 1. The summed E-state index contributed by atoms with van der Waals surface area (Å²) < 4.78 is 39.2. The van der Waals surface area contributed by atoms with Gasteiger partial charge in [0.15, 0.2) is 0 Å². The van der Waals surface area contributed by atoms with Crippen molar-refractivity contribution in [2.24, 2.45) is 5.73 Å². The Morgan fingerprint density at radius 2 is 1.61 bits per heavy atom. The van der Waals surface area contributed by atoms with Gasteiger partial charge in [0.25, 0.3) is 0 Å². The minimum atomic E-state index is -4.36. The van der Waals surface area contributed by atoms with Crippen LogP contribution in [0, 0.1) is 0 Å². The molecule has 33 heavy (non-hydrogen) atoms. The van der Waals surface area contributed by atoms with Crippen molar-refractivity contribution >= 4 is 11.6 Å². The predicted octanol–water partition coefficient (Wildman–Crippen LogP) is 2.92. The molecular formula is C25H29F3N4O. The molecule has 2 N–H and O–H groups in total. The lowest BCUT2D eigenvalue weighted by Gasteiger charge is -2.39. The topological polar surface area (TPSA) is 52.8 Å². The van der Waals surface area contributed by atoms with Gasteiger partial charge in [-0.25, -0.2) is 0 Å². The normalized spacial score (nSPS) is 24.4. The molecule has 0 radical (unpaired) electrons. The molecular weight excluding hydrogens is 429 g/mol. The summed E-state index contributed by atoms with van der Waals surface area (Å²) in [5.74, 6) is 0.0996. The van der Waals surface area contributed by atoms with E-state index in [9.17, 15) is 18.0 Å². The Labute approximate surface area is 191 Å². The lowest BCUT2D eigenvalue weighted by molar-refractivity contribution is -0.137. The molecule has 1 aliphatic carbocycles. The van der Waals surface area contributed by atoms with Crippen molar-refractivity contribution in [2.45, 2.75) is 43.6 Å². The number of carbonyl (C=O) groups excluding carboxylic acids is 1. The smallest absolute Gasteiger partial charge is 0.368 e. The number of likely N-dealkylation sites (tertiary alicyclic amines) is 1. The number of halogens is 3. The first-order valence-electron chi connectivity index (χ1n) is 11.6. The SMILES string of the molecule is N[C@H]1C[C@@H](C(=O)N2CCN(c3cccc(C(F)(F)F)c3)CC2)N(C2Cc3ccccc3C2)C1. The van der Waals surface area contributed by atoms with E-state index in [4.69, 9.17) is 5.73 Å². The molecule has 2 heterocycles. The number of benzene rings is 2. The molecule has 176 valence electrons. The summed E-state index contributed by atoms with van der Waals surface area (Å²) in [6.07, 6.45) is -1.83. The number of hydrogen-bond donors (Lipinski definition) is 1. The third kappa shape index (κ3) is 4.46. The monoisotopic (exact) mass is 458 g/mol. The van der Waals surface area contributed by atoms with Crippen LogP contribution in [0.4, 0.5) is 18.9 Å². The maximum atomic E-state index is 13.5. The zero-order valence-electron chi connectivity index (χ0n) is 18.5. The van der Waals surface area contributed by atoms with E-state index in [-0.39, 0.29) is 24.0 Å². The molecule has 0 saturated carbocycles. The van der Waals surface area contributed by atoms with Crippen molar-refractivity contribution in [3.63, 3.8) is 0 Å². The van der Waals surface area contributed by atoms with E-state index in [1.165, 1.54) is 23.3 Å². The third-order valence-corrected chi connectivity index (χ3v) is 7.29. The zero-order chi connectivity index (χ0) is 23.2. The molecule has 3 aliphatic rings. The fourth-order valence-electron chi connectivity index (χ4n) is 5.59. The van der Waals surface area contributed by atoms with E-state index in [2.05, 4.69) is 29.2 Å². The van der Waals surface area contributed by atoms with Crippen LogP contribution in [-0.2, 0) is 23.8 Å². The van der Waals surface area contributed by atoms with E-state index in [1.54, 1.807) is 6.07 Å². The van der Waals surface area contributed by atoms with E-state index in [0.717, 1.165) is 25.5 Å². The van der Waals surface area contributed by atoms with Gasteiger partial charge in [-0.1, -0.05) is 30.3 Å². The number of nitrogens with two attached hydrogens (primary N) is 1. The van der Waals surface area contributed by atoms with Gasteiger partial charge < -0.3 is 15.5 Å². The van der Waals surface area contributed by atoms with Crippen LogP contribution < -0.4 is 10.6 Å². The van der Waals surface area contributed by atoms with Gasteiger partial charge in [0.1, 0.15) is 0 Å². The van der Waals surface area contributed by atoms with Gasteiger partial charge in [0.2, 0.25) is 5.91 Å². The molecule has 2 aromatic rings. The van der Waals surface area contributed by atoms with Gasteiger partial charge in [-0.05, 0) is 48.6 Å². The number of hydrogen-bond acceptors (Lipinski definition) is 4. The fraction of sp³-hybridized carbons (Fsp3) is 0.480. The van der Waals surface area contributed by atoms with Crippen LogP contribution in [0.1, 0.15) is 23.1 Å². The third-order valence-electron chi connectivity index (χ3n) is 7.29. The molecule has 8 heteroatoms. The van der Waals surface area contributed by atoms with Crippen LogP contribution in [0.5, 0.6) is 0 Å². The van der Waals surface area contributed by atoms with E-state index in [0.29, 0.717) is 38.3 Å². The number of carbonyl (C=O) groups is 1. The van der Waals surface area contributed by atoms with Crippen molar-refractivity contribution in [1.29, 1.82) is 0 Å². The van der Waals surface area contributed by atoms with Crippen molar-refractivity contribution in [3.05, 3.63) is 65.2 Å². The number of alkyl halides is 3. The minimum absolute atomic E-state index is 0.0194. The first-order chi connectivity index (χ1) is 15.8. The summed E-state index contributed by atoms with van der Waals surface area (Å²) in [6, 6.07) is 13.9. The molecule has 2 fully saturated rings. The minimum Gasteiger partial charge on any atom is -0.368 e. The highest BCUT2D eigenvalue weighted by Gasteiger charge is 2.42. The fourth-order valence-corrected chi connectivity index (χ4v) is 5.59. The summed E-state index contributed by atoms with van der Waals surface area (Å²) in [5.41, 5.74) is 8.89. The Morgan fingerprint density at radius 1 is 0.939 bits per heavy atom. The summed E-state index contributed by atoms with van der Waals surface area (Å²) in [5, 5.41) is 0. The highest BCUT2D eigenvalue weighted by Crippen LogP contribution is 2.33. The quantitative estimate of drug-likeness (QED) is 0.769. The highest BCUT2D eigenvalue weighted by molar-refractivity contribution is 5.82. The molecule has 0 spiro atoms. The molecule has 0 aromatic heterocycles. The van der Waals surface area contributed by atoms with Gasteiger partial charge in [-0.2, -0.15) is 13.2 Å². The number of rotatable bonds is 3. The van der Waals surface area contributed by atoms with Crippen molar-refractivity contribution < 1.29 is 18.0 Å². The molecule has 0 unspecified atom stereocenters. The van der Waals surface area contributed by atoms with Crippen LogP contribution >= 0.6 is 0 Å². The van der Waals surface area contributed by atoms with Crippen molar-refractivity contribution in [2.75, 3.05) is 37.6 Å². The maximum absolute atomic E-state index is 13.5. The Balaban J connectivity index is 1.23. The van der Waals surface area contributed by atoms with Gasteiger partial charge in [-0.3, -0.25) is 9.69 Å². The summed E-state index contributed by atoms with van der Waals surface area (Å²) in [6.45, 7) is 2.75. The average molecular weight is 459 g/mol. The Hall–Kier alpha value is -2.58. The first kappa shape index (κ1) is 22.2. The Morgan fingerprint density at radius 3 is 2.24 bits per heavy atom. The molecule has 5 nitrogen and oxygen atoms in total. The molecule has 2 saturated heterocycles. The van der Waals surface area contributed by atoms with Crippen molar-refractivity contribution in [3.8, 4) is 0 Å². The molecule has 2 aromatic carbocycles. The number of anilines is 1. The molecule has 2 atom stereocenters. The van der Waals surface area contributed by atoms with Crippen LogP contribution in [0.3, 0.4) is 0 Å². The van der Waals surface area contributed by atoms with Crippen LogP contribution in [0.2, 0.25) is 0 Å². The van der Waals surface area contributed by atoms with Gasteiger partial charge in [-0.15, -0.1) is 0 Å². The second-order valence-electron chi connectivity index (χ2n) is 9.40.